The number of allylic oxidation sites excluding steroid dienone is 4. The molecule has 42 heavy (non-hydrogen) atoms. The molecule has 3 aromatic carbocycles. The Kier molecular flexibility index (Phi) is 9.89. The first-order valence-corrected chi connectivity index (χ1v) is 15.0. The van der Waals surface area contributed by atoms with Crippen molar-refractivity contribution in [1.29, 1.82) is 0 Å². The van der Waals surface area contributed by atoms with E-state index in [0.29, 0.717) is 5.92 Å². The molecule has 0 aromatic heterocycles. The van der Waals surface area contributed by atoms with Crippen LogP contribution in [-0.4, -0.2) is 0 Å². The van der Waals surface area contributed by atoms with Crippen molar-refractivity contribution in [3.05, 3.63) is 117 Å². The summed E-state index contributed by atoms with van der Waals surface area (Å²) in [5.74, 6) is 0.316. The molecule has 0 fully saturated rings. The van der Waals surface area contributed by atoms with Crippen molar-refractivity contribution in [2.45, 2.75) is 104 Å². The molecule has 3 aromatic rings. The van der Waals surface area contributed by atoms with E-state index in [2.05, 4.69) is 135 Å². The Labute approximate surface area is 286 Å². The number of hydrogen-bond donors (Lipinski definition) is 0. The Balaban J connectivity index is 0.00000161. The smallest absolute Gasteiger partial charge is 1.00 e. The van der Waals surface area contributed by atoms with E-state index >= 15 is 0 Å². The molecule has 0 aliphatic heterocycles. The fourth-order valence-corrected chi connectivity index (χ4v) is 7.50. The molecule has 0 nitrogen and oxygen atoms in total. The van der Waals surface area contributed by atoms with E-state index in [9.17, 15) is 0 Å². The van der Waals surface area contributed by atoms with E-state index in [0.717, 1.165) is 6.42 Å². The third-order valence-corrected chi connectivity index (χ3v) is 9.90. The molecule has 3 heteroatoms. The number of fused-ring (bicyclic) bond motifs is 3. The predicted octanol–water partition coefficient (Wildman–Crippen LogP) is 4.80. The van der Waals surface area contributed by atoms with E-state index in [1.165, 1.54) is 51.8 Å². The molecule has 0 radical (unpaired) electrons. The molecule has 0 N–H and O–H groups in total. The molecule has 3 aliphatic rings. The fourth-order valence-electron chi connectivity index (χ4n) is 7.50. The zero-order chi connectivity index (χ0) is 28.0. The summed E-state index contributed by atoms with van der Waals surface area (Å²) in [6, 6.07) is 26.3. The molecular formula is C39H46Cl2Zr. The van der Waals surface area contributed by atoms with Crippen LogP contribution in [0.2, 0.25) is 0 Å². The summed E-state index contributed by atoms with van der Waals surface area (Å²) >= 11 is 0. The van der Waals surface area contributed by atoms with Gasteiger partial charge in [-0.05, 0) is 80.0 Å². The normalized spacial score (nSPS) is 19.7. The minimum Gasteiger partial charge on any atom is -1.00 e. The Morgan fingerprint density at radius 2 is 1.14 bits per heavy atom. The van der Waals surface area contributed by atoms with E-state index in [-0.39, 0.29) is 72.7 Å². The van der Waals surface area contributed by atoms with Gasteiger partial charge in [0.15, 0.2) is 0 Å². The third kappa shape index (κ3) is 5.61. The average Bonchev–Trinajstić information content (AvgIpc) is 3.53. The van der Waals surface area contributed by atoms with Crippen molar-refractivity contribution in [3.63, 3.8) is 0 Å². The van der Waals surface area contributed by atoms with Crippen LogP contribution < -0.4 is 24.8 Å². The van der Waals surface area contributed by atoms with E-state index in [4.69, 9.17) is 0 Å². The van der Waals surface area contributed by atoms with E-state index in [1.807, 2.05) is 0 Å². The van der Waals surface area contributed by atoms with Crippen LogP contribution in [0.1, 0.15) is 115 Å². The Hall–Kier alpha value is -1.40. The van der Waals surface area contributed by atoms with Gasteiger partial charge in [-0.3, -0.25) is 0 Å². The second-order valence-electron chi connectivity index (χ2n) is 15.5. The number of hydrogen-bond acceptors (Lipinski definition) is 0. The fraction of sp³-hybridized carbons (Fsp3) is 0.436. The van der Waals surface area contributed by atoms with Gasteiger partial charge in [0.05, 0.1) is 0 Å². The summed E-state index contributed by atoms with van der Waals surface area (Å²) in [6.07, 6.45) is 6.15. The maximum absolute atomic E-state index is 2.63. The largest absolute Gasteiger partial charge is 2.00 e. The minimum absolute atomic E-state index is 0. The average molecular weight is 677 g/mol. The molecule has 1 atom stereocenters. The molecule has 0 saturated carbocycles. The third-order valence-electron chi connectivity index (χ3n) is 9.90. The second kappa shape index (κ2) is 11.8. The summed E-state index contributed by atoms with van der Waals surface area (Å²) in [7, 11) is 0. The van der Waals surface area contributed by atoms with Crippen LogP contribution in [0.5, 0.6) is 0 Å². The Bertz CT molecular complexity index is 1460. The molecule has 6 rings (SSSR count). The zero-order valence-electron chi connectivity index (χ0n) is 26.9. The second-order valence-corrected chi connectivity index (χ2v) is 15.5. The minimum atomic E-state index is -0.0455. The first-order valence-electron chi connectivity index (χ1n) is 15.0. The molecule has 0 saturated heterocycles. The van der Waals surface area contributed by atoms with Gasteiger partial charge in [0.25, 0.3) is 0 Å². The van der Waals surface area contributed by atoms with Gasteiger partial charge < -0.3 is 24.8 Å². The molecule has 0 spiro atoms. The van der Waals surface area contributed by atoms with Gasteiger partial charge in [-0.25, -0.2) is 0 Å². The molecule has 0 bridgehead atoms. The van der Waals surface area contributed by atoms with Crippen molar-refractivity contribution in [3.8, 4) is 11.1 Å². The maximum Gasteiger partial charge on any atom is 2.00 e. The van der Waals surface area contributed by atoms with E-state index in [1.54, 1.807) is 16.7 Å². The topological polar surface area (TPSA) is 0 Å². The van der Waals surface area contributed by atoms with Gasteiger partial charge in [0.2, 0.25) is 0 Å². The van der Waals surface area contributed by atoms with Gasteiger partial charge >= 0.3 is 26.2 Å². The summed E-state index contributed by atoms with van der Waals surface area (Å²) in [6.45, 7) is 21.2. The summed E-state index contributed by atoms with van der Waals surface area (Å²) in [4.78, 5) is 0. The molecule has 0 heterocycles. The van der Waals surface area contributed by atoms with E-state index < -0.39 is 0 Å². The summed E-state index contributed by atoms with van der Waals surface area (Å²) in [5, 5.41) is 0. The molecule has 220 valence electrons. The van der Waals surface area contributed by atoms with Crippen LogP contribution in [0.25, 0.3) is 11.1 Å². The van der Waals surface area contributed by atoms with Crippen LogP contribution in [0.3, 0.4) is 0 Å². The van der Waals surface area contributed by atoms with Gasteiger partial charge in [0, 0.05) is 11.3 Å². The van der Waals surface area contributed by atoms with Crippen LogP contribution in [-0.2, 0) is 42.4 Å². The SMILES string of the molecule is CC(C)(C)C1=CC2=C(CCC2(c2ccccc2)C2c3ccc(C(C)(C)C)cc3-c3cc(C(C)(C)C)ccc32)C1.[Cl-].[Cl-].[Zr+2]. The van der Waals surface area contributed by atoms with Crippen molar-refractivity contribution in [1.82, 2.24) is 0 Å². The van der Waals surface area contributed by atoms with Crippen LogP contribution in [0.15, 0.2) is 89.5 Å². The number of halogens is 2. The van der Waals surface area contributed by atoms with Crippen molar-refractivity contribution < 1.29 is 51.0 Å². The molecule has 0 amide bonds. The Morgan fingerprint density at radius 1 is 0.643 bits per heavy atom. The zero-order valence-corrected chi connectivity index (χ0v) is 30.9. The van der Waals surface area contributed by atoms with Gasteiger partial charge in [-0.15, -0.1) is 0 Å². The quantitative estimate of drug-likeness (QED) is 0.366. The summed E-state index contributed by atoms with van der Waals surface area (Å²) in [5.41, 5.74) is 15.5. The van der Waals surface area contributed by atoms with Crippen LogP contribution in [0, 0.1) is 5.41 Å². The first kappa shape index (κ1) is 35.1. The molecular weight excluding hydrogens is 631 g/mol. The number of rotatable bonds is 2. The first-order chi connectivity index (χ1) is 18.2. The van der Waals surface area contributed by atoms with Gasteiger partial charge in [0.1, 0.15) is 0 Å². The predicted molar refractivity (Wildman–Crippen MR) is 168 cm³/mol. The molecule has 3 aliphatic carbocycles. The van der Waals surface area contributed by atoms with Gasteiger partial charge in [-0.2, -0.15) is 0 Å². The Morgan fingerprint density at radius 3 is 1.60 bits per heavy atom. The maximum atomic E-state index is 2.63. The standard InChI is InChI=1S/C39H46.2ClH.Zr/c1-36(2,3)27-15-17-30-32(22-27)33-23-28(37(4,5)6)16-18-31(33)35(30)39(26-13-11-10-12-14-26)20-19-25-21-29(24-34(25)39)38(7,8)9;;;/h10-18,22-24,35H,19-21H2,1-9H3;2*1H;/q;;;+2/p-2. The van der Waals surface area contributed by atoms with Crippen LogP contribution >= 0.6 is 0 Å². The van der Waals surface area contributed by atoms with Gasteiger partial charge in [-0.1, -0.05) is 146 Å². The number of benzene rings is 3. The molecule has 1 unspecified atom stereocenters. The summed E-state index contributed by atoms with van der Waals surface area (Å²) < 4.78 is 0. The van der Waals surface area contributed by atoms with Crippen molar-refractivity contribution in [2.75, 3.05) is 0 Å². The van der Waals surface area contributed by atoms with Crippen molar-refractivity contribution >= 4 is 0 Å². The monoisotopic (exact) mass is 674 g/mol. The van der Waals surface area contributed by atoms with Crippen LogP contribution in [0.4, 0.5) is 0 Å². The van der Waals surface area contributed by atoms with Crippen molar-refractivity contribution in [2.24, 2.45) is 5.41 Å².